The minimum absolute atomic E-state index is 0.291. The van der Waals surface area contributed by atoms with Gasteiger partial charge < -0.3 is 5.32 Å². The van der Waals surface area contributed by atoms with Crippen LogP contribution in [0.1, 0.15) is 11.1 Å². The molecule has 19 heavy (non-hydrogen) atoms. The summed E-state index contributed by atoms with van der Waals surface area (Å²) >= 11 is 3.25. The Bertz CT molecular complexity index is 596. The van der Waals surface area contributed by atoms with Crippen molar-refractivity contribution in [2.75, 3.05) is 0 Å². The second-order valence-corrected chi connectivity index (χ2v) is 4.74. The van der Waals surface area contributed by atoms with Gasteiger partial charge in [-0.15, -0.1) is 0 Å². The number of aromatic amines is 1. The summed E-state index contributed by atoms with van der Waals surface area (Å²) in [4.78, 5) is 11.5. The molecule has 6 heteroatoms. The van der Waals surface area contributed by atoms with Gasteiger partial charge >= 0.3 is 0 Å². The molecule has 1 aromatic carbocycles. The van der Waals surface area contributed by atoms with Crippen LogP contribution in [0.5, 0.6) is 0 Å². The quantitative estimate of drug-likeness (QED) is 0.850. The Hall–Kier alpha value is -1.95. The maximum absolute atomic E-state index is 13.4. The molecule has 0 aliphatic carbocycles. The van der Waals surface area contributed by atoms with Crippen molar-refractivity contribution < 1.29 is 9.18 Å². The van der Waals surface area contributed by atoms with E-state index in [2.05, 4.69) is 31.4 Å². The number of H-pyrrole nitrogens is 1. The zero-order chi connectivity index (χ0) is 13.7. The summed E-state index contributed by atoms with van der Waals surface area (Å²) in [7, 11) is 0. The summed E-state index contributed by atoms with van der Waals surface area (Å²) in [5.74, 6) is -0.664. The minimum Gasteiger partial charge on any atom is -0.348 e. The Morgan fingerprint density at radius 2 is 2.37 bits per heavy atom. The zero-order valence-corrected chi connectivity index (χ0v) is 11.4. The number of carbonyl (C=O) groups excluding carboxylic acids is 1. The number of hydrogen-bond acceptors (Lipinski definition) is 2. The number of rotatable bonds is 4. The fraction of sp³-hybridized carbons (Fsp3) is 0.0769. The van der Waals surface area contributed by atoms with Crippen LogP contribution in [0, 0.1) is 5.82 Å². The van der Waals surface area contributed by atoms with Crippen LogP contribution in [-0.4, -0.2) is 16.1 Å². The lowest BCUT2D eigenvalue weighted by molar-refractivity contribution is -0.116. The fourth-order valence-corrected chi connectivity index (χ4v) is 1.81. The summed E-state index contributed by atoms with van der Waals surface area (Å²) in [5, 5.41) is 9.09. The number of halogens is 2. The molecule has 2 rings (SSSR count). The van der Waals surface area contributed by atoms with E-state index in [4.69, 9.17) is 0 Å². The van der Waals surface area contributed by atoms with Gasteiger partial charge in [-0.2, -0.15) is 5.10 Å². The van der Waals surface area contributed by atoms with Crippen LogP contribution in [-0.2, 0) is 11.3 Å². The molecule has 0 spiro atoms. The Morgan fingerprint density at radius 3 is 3.11 bits per heavy atom. The van der Waals surface area contributed by atoms with E-state index in [0.29, 0.717) is 12.1 Å². The second kappa shape index (κ2) is 6.29. The SMILES string of the molecule is O=C(/C=C/c1cc(Br)ccc1F)NCc1cn[nH]c1. The molecule has 1 amide bonds. The van der Waals surface area contributed by atoms with Crippen molar-refractivity contribution in [1.82, 2.24) is 15.5 Å². The predicted molar refractivity (Wildman–Crippen MR) is 73.6 cm³/mol. The van der Waals surface area contributed by atoms with Crippen LogP contribution in [0.2, 0.25) is 0 Å². The highest BCUT2D eigenvalue weighted by Crippen LogP contribution is 2.16. The molecule has 0 radical (unpaired) electrons. The first-order valence-electron chi connectivity index (χ1n) is 5.54. The van der Waals surface area contributed by atoms with E-state index in [0.717, 1.165) is 10.0 Å². The van der Waals surface area contributed by atoms with Gasteiger partial charge in [-0.25, -0.2) is 4.39 Å². The molecule has 98 valence electrons. The molecule has 1 aromatic heterocycles. The Labute approximate surface area is 117 Å². The minimum atomic E-state index is -0.373. The van der Waals surface area contributed by atoms with Crippen LogP contribution in [0.4, 0.5) is 4.39 Å². The van der Waals surface area contributed by atoms with Crippen LogP contribution in [0.15, 0.2) is 41.1 Å². The van der Waals surface area contributed by atoms with Crippen molar-refractivity contribution in [1.29, 1.82) is 0 Å². The van der Waals surface area contributed by atoms with Gasteiger partial charge in [0.2, 0.25) is 5.91 Å². The molecule has 0 saturated carbocycles. The van der Waals surface area contributed by atoms with Crippen molar-refractivity contribution in [3.8, 4) is 0 Å². The van der Waals surface area contributed by atoms with Crippen molar-refractivity contribution >= 4 is 27.9 Å². The van der Waals surface area contributed by atoms with E-state index >= 15 is 0 Å². The first-order valence-corrected chi connectivity index (χ1v) is 6.33. The molecule has 2 N–H and O–H groups in total. The Balaban J connectivity index is 1.94. The third-order valence-corrected chi connectivity index (χ3v) is 2.89. The van der Waals surface area contributed by atoms with Crippen LogP contribution < -0.4 is 5.32 Å². The lowest BCUT2D eigenvalue weighted by Crippen LogP contribution is -2.19. The van der Waals surface area contributed by atoms with E-state index in [-0.39, 0.29) is 11.7 Å². The average molecular weight is 324 g/mol. The molecule has 0 aliphatic heterocycles. The van der Waals surface area contributed by atoms with Crippen molar-refractivity contribution in [2.45, 2.75) is 6.54 Å². The standard InChI is InChI=1S/C13H11BrFN3O/c14-11-2-3-12(15)10(5-11)1-4-13(19)16-6-9-7-17-18-8-9/h1-5,7-8H,6H2,(H,16,19)(H,17,18)/b4-1+. The van der Waals surface area contributed by atoms with E-state index in [1.807, 2.05) is 0 Å². The highest BCUT2D eigenvalue weighted by atomic mass is 79.9. The largest absolute Gasteiger partial charge is 0.348 e. The number of benzene rings is 1. The van der Waals surface area contributed by atoms with Gasteiger partial charge in [-0.1, -0.05) is 15.9 Å². The molecule has 1 heterocycles. The van der Waals surface area contributed by atoms with Crippen LogP contribution >= 0.6 is 15.9 Å². The summed E-state index contributed by atoms with van der Waals surface area (Å²) in [6, 6.07) is 4.55. The van der Waals surface area contributed by atoms with Crippen LogP contribution in [0.25, 0.3) is 6.08 Å². The first-order chi connectivity index (χ1) is 9.15. The third kappa shape index (κ3) is 4.03. The summed E-state index contributed by atoms with van der Waals surface area (Å²) in [6.07, 6.45) is 6.05. The van der Waals surface area contributed by atoms with Crippen molar-refractivity contribution in [3.05, 3.63) is 58.1 Å². The number of aromatic nitrogens is 2. The van der Waals surface area contributed by atoms with Gasteiger partial charge in [0, 0.05) is 34.4 Å². The molecule has 0 saturated heterocycles. The van der Waals surface area contributed by atoms with Crippen molar-refractivity contribution in [2.24, 2.45) is 0 Å². The Morgan fingerprint density at radius 1 is 1.53 bits per heavy atom. The number of nitrogens with one attached hydrogen (secondary N) is 2. The van der Waals surface area contributed by atoms with E-state index in [1.165, 1.54) is 18.2 Å². The van der Waals surface area contributed by atoms with Gasteiger partial charge in [-0.05, 0) is 24.3 Å². The lowest BCUT2D eigenvalue weighted by Gasteiger charge is -2.00. The normalized spacial score (nSPS) is 10.8. The smallest absolute Gasteiger partial charge is 0.244 e. The first kappa shape index (κ1) is 13.5. The molecular weight excluding hydrogens is 313 g/mol. The fourth-order valence-electron chi connectivity index (χ4n) is 1.43. The molecule has 0 bridgehead atoms. The lowest BCUT2D eigenvalue weighted by atomic mass is 10.2. The molecule has 0 fully saturated rings. The average Bonchev–Trinajstić information content (AvgIpc) is 2.90. The zero-order valence-electron chi connectivity index (χ0n) is 9.86. The predicted octanol–water partition coefficient (Wildman–Crippen LogP) is 2.64. The van der Waals surface area contributed by atoms with Gasteiger partial charge in [0.15, 0.2) is 0 Å². The number of hydrogen-bond donors (Lipinski definition) is 2. The van der Waals surface area contributed by atoms with E-state index in [9.17, 15) is 9.18 Å². The summed E-state index contributed by atoms with van der Waals surface area (Å²) in [6.45, 7) is 0.376. The summed E-state index contributed by atoms with van der Waals surface area (Å²) in [5.41, 5.74) is 1.23. The monoisotopic (exact) mass is 323 g/mol. The third-order valence-electron chi connectivity index (χ3n) is 2.39. The highest BCUT2D eigenvalue weighted by Gasteiger charge is 2.01. The molecule has 4 nitrogen and oxygen atoms in total. The molecule has 2 aromatic rings. The van der Waals surface area contributed by atoms with Gasteiger partial charge in [0.05, 0.1) is 6.20 Å². The molecule has 0 aliphatic rings. The van der Waals surface area contributed by atoms with Crippen LogP contribution in [0.3, 0.4) is 0 Å². The van der Waals surface area contributed by atoms with E-state index in [1.54, 1.807) is 24.5 Å². The second-order valence-electron chi connectivity index (χ2n) is 3.82. The number of amides is 1. The topological polar surface area (TPSA) is 57.8 Å². The summed E-state index contributed by atoms with van der Waals surface area (Å²) < 4.78 is 14.2. The molecule has 0 unspecified atom stereocenters. The maximum Gasteiger partial charge on any atom is 0.244 e. The Kier molecular flexibility index (Phi) is 4.46. The maximum atomic E-state index is 13.4. The van der Waals surface area contributed by atoms with Gasteiger partial charge in [0.1, 0.15) is 5.82 Å². The van der Waals surface area contributed by atoms with Gasteiger partial charge in [-0.3, -0.25) is 9.89 Å². The van der Waals surface area contributed by atoms with Crippen molar-refractivity contribution in [3.63, 3.8) is 0 Å². The number of carbonyl (C=O) groups is 1. The van der Waals surface area contributed by atoms with E-state index < -0.39 is 0 Å². The molecular formula is C13H11BrFN3O. The molecule has 0 atom stereocenters. The number of nitrogens with zero attached hydrogens (tertiary/aromatic N) is 1. The van der Waals surface area contributed by atoms with Gasteiger partial charge in [0.25, 0.3) is 0 Å². The highest BCUT2D eigenvalue weighted by molar-refractivity contribution is 9.10.